The van der Waals surface area contributed by atoms with E-state index in [1.165, 1.54) is 6.07 Å². The van der Waals surface area contributed by atoms with E-state index in [0.29, 0.717) is 11.3 Å². The van der Waals surface area contributed by atoms with E-state index in [1.807, 2.05) is 0 Å². The lowest BCUT2D eigenvalue weighted by atomic mass is 10.1. The fourth-order valence-electron chi connectivity index (χ4n) is 2.46. The molecule has 0 saturated heterocycles. The number of hydrogen-bond donors (Lipinski definition) is 3. The summed E-state index contributed by atoms with van der Waals surface area (Å²) in [5.74, 6) is -1.10. The van der Waals surface area contributed by atoms with Gasteiger partial charge < -0.3 is 20.7 Å². The largest absolute Gasteiger partial charge is 0.444 e. The van der Waals surface area contributed by atoms with Gasteiger partial charge in [-0.25, -0.2) is 9.18 Å². The van der Waals surface area contributed by atoms with E-state index in [0.717, 1.165) is 5.56 Å². The summed E-state index contributed by atoms with van der Waals surface area (Å²) in [6, 6.07) is 13.0. The topological polar surface area (TPSA) is 96.5 Å². The van der Waals surface area contributed by atoms with Crippen molar-refractivity contribution in [2.24, 2.45) is 0 Å². The smallest absolute Gasteiger partial charge is 0.408 e. The molecular weight excluding hydrogens is 389 g/mol. The lowest BCUT2D eigenvalue weighted by Gasteiger charge is -2.19. The number of ether oxygens (including phenoxy) is 1. The highest BCUT2D eigenvalue weighted by molar-refractivity contribution is 5.92. The second-order valence-corrected chi connectivity index (χ2v) is 7.65. The van der Waals surface area contributed by atoms with Crippen molar-refractivity contribution in [3.8, 4) is 0 Å². The van der Waals surface area contributed by atoms with Crippen LogP contribution in [-0.2, 0) is 27.3 Å². The second kappa shape index (κ2) is 10.4. The Hall–Kier alpha value is -3.42. The SMILES string of the molecule is CC(C)(C)OC(=O)NCC(=O)NCc1ccc(NC(=O)Cc2ccccc2F)cc1. The van der Waals surface area contributed by atoms with Gasteiger partial charge in [0.25, 0.3) is 0 Å². The third-order valence-corrected chi connectivity index (χ3v) is 3.83. The Morgan fingerprint density at radius 2 is 1.60 bits per heavy atom. The molecule has 2 aromatic carbocycles. The van der Waals surface area contributed by atoms with Crippen LogP contribution in [-0.4, -0.2) is 30.1 Å². The Morgan fingerprint density at radius 1 is 0.933 bits per heavy atom. The molecule has 30 heavy (non-hydrogen) atoms. The second-order valence-electron chi connectivity index (χ2n) is 7.65. The minimum absolute atomic E-state index is 0.0604. The Balaban J connectivity index is 1.75. The van der Waals surface area contributed by atoms with Crippen LogP contribution in [0.3, 0.4) is 0 Å². The number of rotatable bonds is 7. The number of nitrogens with one attached hydrogen (secondary N) is 3. The van der Waals surface area contributed by atoms with E-state index < -0.39 is 17.5 Å². The molecule has 2 rings (SSSR count). The van der Waals surface area contributed by atoms with Gasteiger partial charge >= 0.3 is 6.09 Å². The summed E-state index contributed by atoms with van der Waals surface area (Å²) in [6.07, 6.45) is -0.720. The van der Waals surface area contributed by atoms with Crippen LogP contribution in [0.15, 0.2) is 48.5 Å². The molecule has 0 fully saturated rings. The molecule has 0 atom stereocenters. The van der Waals surface area contributed by atoms with Gasteiger partial charge in [0.15, 0.2) is 0 Å². The van der Waals surface area contributed by atoms with Gasteiger partial charge in [0, 0.05) is 12.2 Å². The molecule has 0 saturated carbocycles. The number of carbonyl (C=O) groups is 3. The van der Waals surface area contributed by atoms with E-state index in [2.05, 4.69) is 16.0 Å². The normalized spacial score (nSPS) is 10.8. The molecule has 160 valence electrons. The van der Waals surface area contributed by atoms with Crippen molar-refractivity contribution in [2.75, 3.05) is 11.9 Å². The summed E-state index contributed by atoms with van der Waals surface area (Å²) in [4.78, 5) is 35.4. The molecule has 0 unspecified atom stereocenters. The van der Waals surface area contributed by atoms with E-state index in [4.69, 9.17) is 4.74 Å². The van der Waals surface area contributed by atoms with Gasteiger partial charge in [-0.1, -0.05) is 30.3 Å². The van der Waals surface area contributed by atoms with Gasteiger partial charge in [0.1, 0.15) is 18.0 Å². The van der Waals surface area contributed by atoms with Crippen LogP contribution in [0.4, 0.5) is 14.9 Å². The first-order valence-electron chi connectivity index (χ1n) is 9.48. The number of benzene rings is 2. The van der Waals surface area contributed by atoms with Crippen molar-refractivity contribution in [1.29, 1.82) is 0 Å². The van der Waals surface area contributed by atoms with Gasteiger partial charge in [0.2, 0.25) is 11.8 Å². The molecule has 0 bridgehead atoms. The molecule has 0 aliphatic heterocycles. The molecular formula is C22H26FN3O4. The number of alkyl carbamates (subject to hydrolysis) is 1. The maximum atomic E-state index is 13.6. The van der Waals surface area contributed by atoms with Crippen LogP contribution in [0.1, 0.15) is 31.9 Å². The third-order valence-electron chi connectivity index (χ3n) is 3.83. The third kappa shape index (κ3) is 8.30. The van der Waals surface area contributed by atoms with Gasteiger partial charge in [-0.2, -0.15) is 0 Å². The first-order valence-corrected chi connectivity index (χ1v) is 9.48. The molecule has 0 aliphatic carbocycles. The van der Waals surface area contributed by atoms with E-state index in [1.54, 1.807) is 63.2 Å². The molecule has 7 nitrogen and oxygen atoms in total. The Kier molecular flexibility index (Phi) is 7.91. The quantitative estimate of drug-likeness (QED) is 0.647. The molecule has 2 aromatic rings. The summed E-state index contributed by atoms with van der Waals surface area (Å²) in [7, 11) is 0. The molecule has 0 heterocycles. The minimum Gasteiger partial charge on any atom is -0.444 e. The van der Waals surface area contributed by atoms with Crippen molar-refractivity contribution >= 4 is 23.6 Å². The maximum absolute atomic E-state index is 13.6. The molecule has 8 heteroatoms. The summed E-state index contributed by atoms with van der Waals surface area (Å²) in [6.45, 7) is 5.27. The lowest BCUT2D eigenvalue weighted by molar-refractivity contribution is -0.120. The predicted octanol–water partition coefficient (Wildman–Crippen LogP) is 3.15. The average molecular weight is 415 g/mol. The van der Waals surface area contributed by atoms with Gasteiger partial charge in [-0.15, -0.1) is 0 Å². The molecule has 3 amide bonds. The molecule has 3 N–H and O–H groups in total. The summed E-state index contributed by atoms with van der Waals surface area (Å²) < 4.78 is 18.7. The van der Waals surface area contributed by atoms with E-state index >= 15 is 0 Å². The first kappa shape index (κ1) is 22.9. The number of carbonyl (C=O) groups excluding carboxylic acids is 3. The average Bonchev–Trinajstić information content (AvgIpc) is 2.66. The fraction of sp³-hybridized carbons (Fsp3) is 0.318. The van der Waals surface area contributed by atoms with Crippen LogP contribution in [0.25, 0.3) is 0 Å². The van der Waals surface area contributed by atoms with Gasteiger partial charge in [0.05, 0.1) is 6.42 Å². The number of halogens is 1. The van der Waals surface area contributed by atoms with Crippen molar-refractivity contribution in [3.63, 3.8) is 0 Å². The standard InChI is InChI=1S/C22H26FN3O4/c1-22(2,3)30-21(29)25-14-20(28)24-13-15-8-10-17(11-9-15)26-19(27)12-16-6-4-5-7-18(16)23/h4-11H,12-14H2,1-3H3,(H,24,28)(H,25,29)(H,26,27). The minimum atomic E-state index is -0.659. The molecule has 0 radical (unpaired) electrons. The van der Waals surface area contributed by atoms with Crippen LogP contribution < -0.4 is 16.0 Å². The lowest BCUT2D eigenvalue weighted by Crippen LogP contribution is -2.39. The Labute approximate surface area is 175 Å². The first-order chi connectivity index (χ1) is 14.1. The highest BCUT2D eigenvalue weighted by atomic mass is 19.1. The van der Waals surface area contributed by atoms with E-state index in [9.17, 15) is 18.8 Å². The highest BCUT2D eigenvalue weighted by Gasteiger charge is 2.16. The van der Waals surface area contributed by atoms with Gasteiger partial charge in [-0.3, -0.25) is 9.59 Å². The summed E-state index contributed by atoms with van der Waals surface area (Å²) in [5.41, 5.74) is 1.08. The zero-order valence-corrected chi connectivity index (χ0v) is 17.3. The predicted molar refractivity (Wildman–Crippen MR) is 111 cm³/mol. The van der Waals surface area contributed by atoms with Crippen LogP contribution in [0.5, 0.6) is 0 Å². The Morgan fingerprint density at radius 3 is 2.23 bits per heavy atom. The van der Waals surface area contributed by atoms with Crippen LogP contribution >= 0.6 is 0 Å². The van der Waals surface area contributed by atoms with Crippen molar-refractivity contribution in [1.82, 2.24) is 10.6 Å². The highest BCUT2D eigenvalue weighted by Crippen LogP contribution is 2.12. The maximum Gasteiger partial charge on any atom is 0.408 e. The van der Waals surface area contributed by atoms with Gasteiger partial charge in [-0.05, 0) is 50.1 Å². The Bertz CT molecular complexity index is 892. The van der Waals surface area contributed by atoms with Crippen molar-refractivity contribution in [3.05, 3.63) is 65.5 Å². The molecule has 0 spiro atoms. The van der Waals surface area contributed by atoms with Crippen molar-refractivity contribution in [2.45, 2.75) is 39.3 Å². The van der Waals surface area contributed by atoms with Crippen molar-refractivity contribution < 1.29 is 23.5 Å². The zero-order valence-electron chi connectivity index (χ0n) is 17.3. The van der Waals surface area contributed by atoms with Crippen LogP contribution in [0.2, 0.25) is 0 Å². The fourth-order valence-corrected chi connectivity index (χ4v) is 2.46. The number of hydrogen-bond acceptors (Lipinski definition) is 4. The number of anilines is 1. The molecule has 0 aliphatic rings. The number of amides is 3. The monoisotopic (exact) mass is 415 g/mol. The molecule has 0 aromatic heterocycles. The zero-order chi connectivity index (χ0) is 22.1. The van der Waals surface area contributed by atoms with Crippen LogP contribution in [0, 0.1) is 5.82 Å². The summed E-state index contributed by atoms with van der Waals surface area (Å²) >= 11 is 0. The van der Waals surface area contributed by atoms with E-state index in [-0.39, 0.29) is 31.3 Å². The summed E-state index contributed by atoms with van der Waals surface area (Å²) in [5, 5.41) is 7.77.